The van der Waals surface area contributed by atoms with Crippen molar-refractivity contribution in [2.45, 2.75) is 33.3 Å². The van der Waals surface area contributed by atoms with Gasteiger partial charge in [-0.3, -0.25) is 0 Å². The van der Waals surface area contributed by atoms with E-state index in [9.17, 15) is 9.90 Å². The normalized spacial score (nSPS) is 12.9. The van der Waals surface area contributed by atoms with Crippen LogP contribution in [0.15, 0.2) is 12.3 Å². The monoisotopic (exact) mass is 267 g/mol. The van der Waals surface area contributed by atoms with Crippen molar-refractivity contribution in [3.8, 4) is 0 Å². The molecule has 106 valence electrons. The Morgan fingerprint density at radius 3 is 2.79 bits per heavy atom. The topological polar surface area (TPSA) is 84.3 Å². The maximum absolute atomic E-state index is 11.3. The number of methoxy groups -OCH3 is 1. The number of esters is 1. The number of rotatable bonds is 5. The number of carbonyl (C=O) groups is 1. The molecule has 0 fully saturated rings. The predicted molar refractivity (Wildman–Crippen MR) is 71.9 cm³/mol. The molecule has 0 spiro atoms. The first kappa shape index (κ1) is 15.4. The number of carbonyl (C=O) groups excluding carboxylic acids is 1. The molecule has 0 bridgehead atoms. The number of hydrogen-bond acceptors (Lipinski definition) is 6. The van der Waals surface area contributed by atoms with Crippen LogP contribution in [0, 0.1) is 5.41 Å². The number of ether oxygens (including phenoxy) is 1. The molecule has 6 nitrogen and oxygen atoms in total. The molecular formula is C13H21N3O3. The highest BCUT2D eigenvalue weighted by Gasteiger charge is 2.17. The van der Waals surface area contributed by atoms with Gasteiger partial charge in [-0.2, -0.15) is 0 Å². The molecular weight excluding hydrogens is 246 g/mol. The van der Waals surface area contributed by atoms with Gasteiger partial charge in [0, 0.05) is 12.7 Å². The van der Waals surface area contributed by atoms with Crippen molar-refractivity contribution in [3.63, 3.8) is 0 Å². The summed E-state index contributed by atoms with van der Waals surface area (Å²) in [5.41, 5.74) is 0.0595. The van der Waals surface area contributed by atoms with E-state index in [-0.39, 0.29) is 11.2 Å². The number of aliphatic hydroxyl groups is 1. The van der Waals surface area contributed by atoms with Crippen LogP contribution < -0.4 is 5.32 Å². The van der Waals surface area contributed by atoms with Crippen molar-refractivity contribution in [1.29, 1.82) is 0 Å². The van der Waals surface area contributed by atoms with Crippen LogP contribution in [0.2, 0.25) is 0 Å². The summed E-state index contributed by atoms with van der Waals surface area (Å²) in [6.07, 6.45) is 1.67. The molecule has 1 atom stereocenters. The van der Waals surface area contributed by atoms with Gasteiger partial charge in [0.1, 0.15) is 5.82 Å². The van der Waals surface area contributed by atoms with Crippen molar-refractivity contribution < 1.29 is 14.6 Å². The number of aliphatic hydroxyl groups excluding tert-OH is 1. The lowest BCUT2D eigenvalue weighted by molar-refractivity contribution is 0.0587. The van der Waals surface area contributed by atoms with Crippen molar-refractivity contribution in [1.82, 2.24) is 9.97 Å². The number of nitrogens with zero attached hydrogens (tertiary/aromatic N) is 2. The lowest BCUT2D eigenvalue weighted by Crippen LogP contribution is -2.25. The summed E-state index contributed by atoms with van der Waals surface area (Å²) in [6.45, 7) is 6.57. The number of nitrogens with one attached hydrogen (secondary N) is 1. The first-order valence-corrected chi connectivity index (χ1v) is 6.15. The maximum atomic E-state index is 11.3. The molecule has 1 aromatic rings. The van der Waals surface area contributed by atoms with E-state index in [1.54, 1.807) is 6.07 Å². The van der Waals surface area contributed by atoms with Gasteiger partial charge in [0.25, 0.3) is 0 Å². The molecule has 2 N–H and O–H groups in total. The number of aromatic nitrogens is 2. The van der Waals surface area contributed by atoms with E-state index in [0.717, 1.165) is 0 Å². The van der Waals surface area contributed by atoms with E-state index < -0.39 is 12.1 Å². The predicted octanol–water partition coefficient (Wildman–Crippen LogP) is 1.47. The summed E-state index contributed by atoms with van der Waals surface area (Å²) >= 11 is 0. The van der Waals surface area contributed by atoms with Crippen LogP contribution >= 0.6 is 0 Å². The second kappa shape index (κ2) is 6.47. The van der Waals surface area contributed by atoms with Gasteiger partial charge < -0.3 is 15.2 Å². The average Bonchev–Trinajstić information content (AvgIpc) is 2.34. The number of hydrogen-bond donors (Lipinski definition) is 2. The molecule has 0 aromatic carbocycles. The fourth-order valence-electron chi connectivity index (χ4n) is 1.65. The van der Waals surface area contributed by atoms with Gasteiger partial charge in [-0.05, 0) is 17.9 Å². The van der Waals surface area contributed by atoms with Gasteiger partial charge >= 0.3 is 5.97 Å². The van der Waals surface area contributed by atoms with Crippen LogP contribution in [0.3, 0.4) is 0 Å². The SMILES string of the molecule is COC(=O)c1nccc(NCC(O)CC(C)(C)C)n1. The first-order chi connectivity index (χ1) is 8.81. The summed E-state index contributed by atoms with van der Waals surface area (Å²) in [5.74, 6) is -0.0972. The third-order valence-electron chi connectivity index (χ3n) is 2.39. The lowest BCUT2D eigenvalue weighted by Gasteiger charge is -2.22. The molecule has 1 aromatic heterocycles. The van der Waals surface area contributed by atoms with Crippen molar-refractivity contribution >= 4 is 11.8 Å². The minimum atomic E-state index is -0.584. The fourth-order valence-corrected chi connectivity index (χ4v) is 1.65. The molecule has 1 heterocycles. The lowest BCUT2D eigenvalue weighted by atomic mass is 9.89. The van der Waals surface area contributed by atoms with Gasteiger partial charge in [0.15, 0.2) is 0 Å². The van der Waals surface area contributed by atoms with Gasteiger partial charge in [-0.25, -0.2) is 14.8 Å². The molecule has 0 saturated carbocycles. The zero-order valence-corrected chi connectivity index (χ0v) is 11.8. The smallest absolute Gasteiger partial charge is 0.376 e. The van der Waals surface area contributed by atoms with Gasteiger partial charge in [-0.15, -0.1) is 0 Å². The Kier molecular flexibility index (Phi) is 5.23. The van der Waals surface area contributed by atoms with Crippen molar-refractivity contribution in [2.24, 2.45) is 5.41 Å². The van der Waals surface area contributed by atoms with Gasteiger partial charge in [-0.1, -0.05) is 20.8 Å². The Morgan fingerprint density at radius 2 is 2.21 bits per heavy atom. The molecule has 0 aliphatic carbocycles. The Morgan fingerprint density at radius 1 is 1.53 bits per heavy atom. The first-order valence-electron chi connectivity index (χ1n) is 6.15. The van der Waals surface area contributed by atoms with Crippen LogP contribution in [-0.2, 0) is 4.74 Å². The third kappa shape index (κ3) is 5.65. The van der Waals surface area contributed by atoms with E-state index in [4.69, 9.17) is 0 Å². The second-order valence-corrected chi connectivity index (χ2v) is 5.56. The van der Waals surface area contributed by atoms with Crippen LogP contribution in [0.5, 0.6) is 0 Å². The van der Waals surface area contributed by atoms with Gasteiger partial charge in [0.2, 0.25) is 5.82 Å². The van der Waals surface area contributed by atoms with E-state index >= 15 is 0 Å². The Bertz CT molecular complexity index is 429. The largest absolute Gasteiger partial charge is 0.463 e. The zero-order valence-electron chi connectivity index (χ0n) is 11.8. The van der Waals surface area contributed by atoms with Crippen LogP contribution in [-0.4, -0.2) is 40.8 Å². The Hall–Kier alpha value is -1.69. The molecule has 0 saturated heterocycles. The molecule has 0 aliphatic rings. The third-order valence-corrected chi connectivity index (χ3v) is 2.39. The van der Waals surface area contributed by atoms with E-state index in [1.807, 2.05) is 0 Å². The van der Waals surface area contributed by atoms with Crippen molar-refractivity contribution in [2.75, 3.05) is 19.0 Å². The molecule has 6 heteroatoms. The van der Waals surface area contributed by atoms with E-state index in [0.29, 0.717) is 18.8 Å². The molecule has 1 unspecified atom stereocenters. The minimum absolute atomic E-state index is 0.00203. The van der Waals surface area contributed by atoms with Gasteiger partial charge in [0.05, 0.1) is 13.2 Å². The summed E-state index contributed by atoms with van der Waals surface area (Å²) in [5, 5.41) is 12.9. The Balaban J connectivity index is 2.56. The van der Waals surface area contributed by atoms with E-state index in [2.05, 4.69) is 40.8 Å². The molecule has 0 radical (unpaired) electrons. The minimum Gasteiger partial charge on any atom is -0.463 e. The fraction of sp³-hybridized carbons (Fsp3) is 0.615. The van der Waals surface area contributed by atoms with E-state index in [1.165, 1.54) is 13.3 Å². The highest BCUT2D eigenvalue weighted by molar-refractivity contribution is 5.85. The van der Waals surface area contributed by atoms with Crippen molar-refractivity contribution in [3.05, 3.63) is 18.1 Å². The molecule has 0 aliphatic heterocycles. The van der Waals surface area contributed by atoms with Crippen LogP contribution in [0.1, 0.15) is 37.8 Å². The second-order valence-electron chi connectivity index (χ2n) is 5.56. The quantitative estimate of drug-likeness (QED) is 0.786. The zero-order chi connectivity index (χ0) is 14.5. The molecule has 1 rings (SSSR count). The number of anilines is 1. The highest BCUT2D eigenvalue weighted by atomic mass is 16.5. The molecule has 19 heavy (non-hydrogen) atoms. The summed E-state index contributed by atoms with van der Waals surface area (Å²) in [4.78, 5) is 19.1. The van der Waals surface area contributed by atoms with Crippen LogP contribution in [0.4, 0.5) is 5.82 Å². The standard InChI is InChI=1S/C13H21N3O3/c1-13(2,3)7-9(17)8-15-10-5-6-14-11(16-10)12(18)19-4/h5-6,9,17H,7-8H2,1-4H3,(H,14,15,16). The summed E-state index contributed by atoms with van der Waals surface area (Å²) in [7, 11) is 1.28. The molecule has 0 amide bonds. The Labute approximate surface area is 113 Å². The summed E-state index contributed by atoms with van der Waals surface area (Å²) in [6, 6.07) is 1.64. The van der Waals surface area contributed by atoms with Crippen LogP contribution in [0.25, 0.3) is 0 Å². The maximum Gasteiger partial charge on any atom is 0.376 e. The average molecular weight is 267 g/mol. The summed E-state index contributed by atoms with van der Waals surface area (Å²) < 4.78 is 4.54. The highest BCUT2D eigenvalue weighted by Crippen LogP contribution is 2.20.